The van der Waals surface area contributed by atoms with Crippen molar-refractivity contribution in [1.82, 2.24) is 0 Å². The van der Waals surface area contributed by atoms with E-state index in [4.69, 9.17) is 0 Å². The summed E-state index contributed by atoms with van der Waals surface area (Å²) in [7, 11) is 0. The van der Waals surface area contributed by atoms with Gasteiger partial charge in [0.05, 0.1) is 0 Å². The minimum Gasteiger partial charge on any atom is -0.312 e. The van der Waals surface area contributed by atoms with Crippen LogP contribution in [-0.4, -0.2) is 99.6 Å². The van der Waals surface area contributed by atoms with E-state index in [0.717, 1.165) is 135 Å². The predicted octanol–water partition coefficient (Wildman–Crippen LogP) is 16.0. The molecule has 9 aromatic rings. The van der Waals surface area contributed by atoms with Gasteiger partial charge in [-0.15, -0.1) is 0 Å². The first-order chi connectivity index (χ1) is 49.8. The molecule has 8 amide bonds. The van der Waals surface area contributed by atoms with Gasteiger partial charge in [0.25, 0.3) is 0 Å². The molecule has 510 valence electrons. The maximum atomic E-state index is 13.9. The lowest BCUT2D eigenvalue weighted by Crippen LogP contribution is -2.26. The van der Waals surface area contributed by atoms with Crippen LogP contribution >= 0.6 is 0 Å². The smallest absolute Gasteiger partial charge is 0.227 e. The molecular formula is C86H78N8O8. The molecule has 17 rings (SSSR count). The van der Waals surface area contributed by atoms with Gasteiger partial charge in [0.2, 0.25) is 47.3 Å². The lowest BCUT2D eigenvalue weighted by molar-refractivity contribution is -0.117. The number of carbonyl (C=O) groups is 8. The normalized spacial score (nSPS) is 18.0. The maximum absolute atomic E-state index is 13.9. The van der Waals surface area contributed by atoms with E-state index in [2.05, 4.69) is 109 Å². The van der Waals surface area contributed by atoms with E-state index in [1.807, 2.05) is 112 Å². The fraction of sp³-hybridized carbons (Fsp3) is 0.279. The highest BCUT2D eigenvalue weighted by atomic mass is 16.2. The molecular weight excluding hydrogens is 1270 g/mol. The second-order valence-corrected chi connectivity index (χ2v) is 28.3. The average molecular weight is 1350 g/mol. The van der Waals surface area contributed by atoms with Crippen LogP contribution < -0.4 is 39.2 Å². The van der Waals surface area contributed by atoms with Gasteiger partial charge in [0.1, 0.15) is 0 Å². The van der Waals surface area contributed by atoms with Crippen LogP contribution in [0, 0.1) is 0 Å². The van der Waals surface area contributed by atoms with Crippen molar-refractivity contribution < 1.29 is 38.4 Å². The molecule has 16 heteroatoms. The zero-order valence-electron chi connectivity index (χ0n) is 57.1. The summed E-state index contributed by atoms with van der Waals surface area (Å²) in [5.41, 5.74) is 19.3. The first kappa shape index (κ1) is 64.1. The van der Waals surface area contributed by atoms with Crippen LogP contribution in [0.1, 0.15) is 103 Å². The SMILES string of the molecule is O=C1CCCN1c1cc(-c2ccccc2-c2cc(-c3ccccc3-c3cc(N4CCCC4=O)cc(N4CCCC4=O)c3)c(-c3ccccc3-c3cc(N4CCCC4=O)cc(N4CCCC4=O)c3)cc2-c2ccccc2-c2cc(N3CCCC3=O)cc(N3CCCC3=O)c2)cc(N2CCCC2=O)c1. The van der Waals surface area contributed by atoms with Gasteiger partial charge in [-0.2, -0.15) is 0 Å². The summed E-state index contributed by atoms with van der Waals surface area (Å²) in [5.74, 6) is 0.232. The molecule has 9 aromatic carbocycles. The first-order valence-corrected chi connectivity index (χ1v) is 36.5. The molecule has 0 radical (unpaired) electrons. The van der Waals surface area contributed by atoms with Gasteiger partial charge in [0.15, 0.2) is 0 Å². The van der Waals surface area contributed by atoms with Crippen molar-refractivity contribution in [3.05, 3.63) is 182 Å². The second kappa shape index (κ2) is 26.7. The van der Waals surface area contributed by atoms with E-state index in [-0.39, 0.29) is 47.3 Å². The van der Waals surface area contributed by atoms with Crippen molar-refractivity contribution in [1.29, 1.82) is 0 Å². The standard InChI is InChI=1S/C86H78N8O8/c95-79-25-9-33-87(79)59-41-55(42-60(49-59)88-34-10-26-80(88)96)67-17-1-5-21-71(67)75-53-77(73-23-7-3-19-69(73)57-45-63(91-37-13-29-83(91)99)51-64(46-57)92-38-14-30-84(92)100)78(74-24-8-4-20-70(74)58-47-65(93-39-15-31-85(93)101)52-66(48-58)94-40-16-32-86(94)102)54-76(75)72-22-6-2-18-68(72)56-43-61(89-35-11-27-81(89)97)50-62(44-56)90-36-12-28-82(90)98/h1-8,17-24,41-54H,9-16,25-40H2. The number of rotatable bonds is 16. The summed E-state index contributed by atoms with van der Waals surface area (Å²) in [5, 5.41) is 0. The van der Waals surface area contributed by atoms with Crippen LogP contribution in [0.25, 0.3) is 89.0 Å². The molecule has 8 aliphatic rings. The van der Waals surface area contributed by atoms with Gasteiger partial charge in [-0.3, -0.25) is 38.4 Å². The van der Waals surface area contributed by atoms with Crippen LogP contribution in [0.4, 0.5) is 45.5 Å². The Bertz CT molecular complexity index is 4230. The molecule has 102 heavy (non-hydrogen) atoms. The predicted molar refractivity (Wildman–Crippen MR) is 403 cm³/mol. The Morgan fingerprint density at radius 2 is 0.314 bits per heavy atom. The van der Waals surface area contributed by atoms with Gasteiger partial charge >= 0.3 is 0 Å². The quantitative estimate of drug-likeness (QED) is 0.0923. The van der Waals surface area contributed by atoms with Crippen molar-refractivity contribution in [2.75, 3.05) is 91.6 Å². The Balaban J connectivity index is 0.971. The average Bonchev–Trinajstić information content (AvgIpc) is 0.878. The van der Waals surface area contributed by atoms with Gasteiger partial charge in [-0.25, -0.2) is 0 Å². The molecule has 0 bridgehead atoms. The van der Waals surface area contributed by atoms with E-state index in [1.165, 1.54) is 0 Å². The molecule has 0 aliphatic carbocycles. The highest BCUT2D eigenvalue weighted by Crippen LogP contribution is 2.52. The van der Waals surface area contributed by atoms with Crippen molar-refractivity contribution in [3.8, 4) is 89.0 Å². The molecule has 16 nitrogen and oxygen atoms in total. The number of amides is 8. The summed E-state index contributed by atoms with van der Waals surface area (Å²) in [6.45, 7) is 4.41. The third-order valence-electron chi connectivity index (χ3n) is 22.0. The Kier molecular flexibility index (Phi) is 16.8. The monoisotopic (exact) mass is 1350 g/mol. The third kappa shape index (κ3) is 11.8. The molecule has 8 fully saturated rings. The van der Waals surface area contributed by atoms with Gasteiger partial charge in [0, 0.05) is 149 Å². The van der Waals surface area contributed by atoms with Crippen molar-refractivity contribution in [2.45, 2.75) is 103 Å². The minimum absolute atomic E-state index is 0.0290. The van der Waals surface area contributed by atoms with Gasteiger partial charge in [-0.1, -0.05) is 97.1 Å². The molecule has 8 heterocycles. The lowest BCUT2D eigenvalue weighted by Gasteiger charge is -2.26. The van der Waals surface area contributed by atoms with Gasteiger partial charge in [-0.05, 0) is 225 Å². The number of anilines is 8. The van der Waals surface area contributed by atoms with Gasteiger partial charge < -0.3 is 39.2 Å². The lowest BCUT2D eigenvalue weighted by atomic mass is 9.80. The number of hydrogen-bond donors (Lipinski definition) is 0. The molecule has 0 aromatic heterocycles. The first-order valence-electron chi connectivity index (χ1n) is 36.5. The van der Waals surface area contributed by atoms with Crippen LogP contribution in [0.5, 0.6) is 0 Å². The fourth-order valence-electron chi connectivity index (χ4n) is 17.0. The molecule has 8 aliphatic heterocycles. The highest BCUT2D eigenvalue weighted by molar-refractivity contribution is 6.10. The number of carbonyl (C=O) groups excluding carboxylic acids is 8. The summed E-state index contributed by atoms with van der Waals surface area (Å²) in [4.78, 5) is 126. The van der Waals surface area contributed by atoms with Crippen molar-refractivity contribution >= 4 is 92.8 Å². The fourth-order valence-corrected chi connectivity index (χ4v) is 17.0. The van der Waals surface area contributed by atoms with Crippen LogP contribution in [0.2, 0.25) is 0 Å². The topological polar surface area (TPSA) is 162 Å². The highest BCUT2D eigenvalue weighted by Gasteiger charge is 2.34. The van der Waals surface area contributed by atoms with E-state index >= 15 is 0 Å². The van der Waals surface area contributed by atoms with E-state index in [9.17, 15) is 38.4 Å². The molecule has 0 N–H and O–H groups in total. The Morgan fingerprint density at radius 1 is 0.167 bits per heavy atom. The largest absolute Gasteiger partial charge is 0.312 e. The molecule has 0 unspecified atom stereocenters. The van der Waals surface area contributed by atoms with Crippen molar-refractivity contribution in [2.24, 2.45) is 0 Å². The minimum atomic E-state index is 0.0290. The van der Waals surface area contributed by atoms with Crippen molar-refractivity contribution in [3.63, 3.8) is 0 Å². The zero-order chi connectivity index (χ0) is 69.3. The van der Waals surface area contributed by atoms with Crippen LogP contribution in [-0.2, 0) is 38.4 Å². The second-order valence-electron chi connectivity index (χ2n) is 28.3. The molecule has 0 atom stereocenters. The maximum Gasteiger partial charge on any atom is 0.227 e. The number of nitrogens with zero attached hydrogens (tertiary/aromatic N) is 8. The van der Waals surface area contributed by atoms with E-state index in [1.54, 1.807) is 0 Å². The summed E-state index contributed by atoms with van der Waals surface area (Å²) >= 11 is 0. The molecule has 8 saturated heterocycles. The number of benzene rings is 9. The van der Waals surface area contributed by atoms with Crippen LogP contribution in [0.15, 0.2) is 182 Å². The summed E-state index contributed by atoms with van der Waals surface area (Å²) < 4.78 is 0. The molecule has 0 spiro atoms. The summed E-state index contributed by atoms with van der Waals surface area (Å²) in [6.07, 6.45) is 9.14. The zero-order valence-corrected chi connectivity index (χ0v) is 57.1. The Morgan fingerprint density at radius 3 is 0.451 bits per heavy atom. The van der Waals surface area contributed by atoms with E-state index in [0.29, 0.717) is 155 Å². The Hall–Kier alpha value is -11.3. The summed E-state index contributed by atoms with van der Waals surface area (Å²) in [6, 6.07) is 62.6. The molecule has 0 saturated carbocycles. The Labute approximate surface area is 593 Å². The van der Waals surface area contributed by atoms with E-state index < -0.39 is 0 Å². The number of hydrogen-bond acceptors (Lipinski definition) is 8. The third-order valence-corrected chi connectivity index (χ3v) is 22.0. The van der Waals surface area contributed by atoms with Crippen LogP contribution in [0.3, 0.4) is 0 Å².